The van der Waals surface area contributed by atoms with Gasteiger partial charge in [0.05, 0.1) is 15.7 Å². The van der Waals surface area contributed by atoms with Crippen molar-refractivity contribution in [3.8, 4) is 0 Å². The van der Waals surface area contributed by atoms with Gasteiger partial charge in [0.2, 0.25) is 0 Å². The molecule has 132 valence electrons. The molecule has 1 aromatic carbocycles. The number of hydrogen-bond acceptors (Lipinski definition) is 3. The highest BCUT2D eigenvalue weighted by atomic mass is 35.5. The number of nitrogens with zero attached hydrogens (tertiary/aromatic N) is 1. The topological polar surface area (TPSA) is 71.1 Å². The first-order valence-corrected chi connectivity index (χ1v) is 8.64. The molecule has 2 rings (SSSR count). The summed E-state index contributed by atoms with van der Waals surface area (Å²) >= 11 is 12.0. The van der Waals surface area contributed by atoms with Gasteiger partial charge >= 0.3 is 0 Å². The van der Waals surface area contributed by atoms with Gasteiger partial charge in [0.1, 0.15) is 11.4 Å². The molecule has 2 amide bonds. The summed E-state index contributed by atoms with van der Waals surface area (Å²) < 4.78 is 0. The zero-order valence-electron chi connectivity index (χ0n) is 14.0. The Bertz CT molecular complexity index is 779. The van der Waals surface area contributed by atoms with Crippen LogP contribution in [0.1, 0.15) is 41.2 Å². The summed E-state index contributed by atoms with van der Waals surface area (Å²) in [5, 5.41) is 6.02. The molecule has 1 heterocycles. The lowest BCUT2D eigenvalue weighted by molar-refractivity contribution is 0.0947. The Morgan fingerprint density at radius 3 is 2.36 bits per heavy atom. The van der Waals surface area contributed by atoms with Gasteiger partial charge in [-0.15, -0.1) is 0 Å². The predicted molar refractivity (Wildman–Crippen MR) is 100 cm³/mol. The van der Waals surface area contributed by atoms with E-state index in [1.54, 1.807) is 30.3 Å². The van der Waals surface area contributed by atoms with Gasteiger partial charge in [-0.25, -0.2) is 4.98 Å². The van der Waals surface area contributed by atoms with Crippen molar-refractivity contribution in [3.63, 3.8) is 0 Å². The van der Waals surface area contributed by atoms with E-state index >= 15 is 0 Å². The predicted octanol–water partition coefficient (Wildman–Crippen LogP) is 4.42. The quantitative estimate of drug-likeness (QED) is 0.780. The molecule has 0 fully saturated rings. The third-order valence-corrected chi connectivity index (χ3v) is 4.24. The number of benzene rings is 1. The number of rotatable bonds is 6. The average molecular weight is 380 g/mol. The SMILES string of the molecule is CC(C)CCNC(=O)c1cccc(C(=O)Nc2cccc(Cl)c2Cl)n1. The molecule has 0 unspecified atom stereocenters. The number of aromatic nitrogens is 1. The van der Waals surface area contributed by atoms with Crippen LogP contribution in [0.25, 0.3) is 0 Å². The molecular weight excluding hydrogens is 361 g/mol. The minimum atomic E-state index is -0.471. The number of amides is 2. The normalized spacial score (nSPS) is 10.6. The van der Waals surface area contributed by atoms with Gasteiger partial charge in [-0.1, -0.05) is 49.2 Å². The lowest BCUT2D eigenvalue weighted by Crippen LogP contribution is -2.27. The Labute approximate surface area is 156 Å². The summed E-state index contributed by atoms with van der Waals surface area (Å²) in [6, 6.07) is 9.63. The van der Waals surface area contributed by atoms with E-state index in [0.717, 1.165) is 6.42 Å². The number of anilines is 1. The zero-order chi connectivity index (χ0) is 18.4. The van der Waals surface area contributed by atoms with Crippen molar-refractivity contribution in [2.24, 2.45) is 5.92 Å². The van der Waals surface area contributed by atoms with Crippen LogP contribution in [0.15, 0.2) is 36.4 Å². The van der Waals surface area contributed by atoms with E-state index in [9.17, 15) is 9.59 Å². The van der Waals surface area contributed by atoms with Crippen LogP contribution in [-0.4, -0.2) is 23.3 Å². The molecule has 0 radical (unpaired) electrons. The van der Waals surface area contributed by atoms with E-state index in [1.165, 1.54) is 6.07 Å². The largest absolute Gasteiger partial charge is 0.351 e. The molecule has 0 saturated carbocycles. The van der Waals surface area contributed by atoms with Gasteiger partial charge in [0.15, 0.2) is 0 Å². The van der Waals surface area contributed by atoms with E-state index in [2.05, 4.69) is 29.5 Å². The minimum absolute atomic E-state index is 0.118. The molecule has 0 aliphatic heterocycles. The fourth-order valence-corrected chi connectivity index (χ4v) is 2.39. The van der Waals surface area contributed by atoms with Crippen LogP contribution >= 0.6 is 23.2 Å². The lowest BCUT2D eigenvalue weighted by atomic mass is 10.1. The molecule has 0 spiro atoms. The summed E-state index contributed by atoms with van der Waals surface area (Å²) in [5.41, 5.74) is 0.689. The molecule has 7 heteroatoms. The Morgan fingerprint density at radius 2 is 1.68 bits per heavy atom. The van der Waals surface area contributed by atoms with E-state index in [-0.39, 0.29) is 22.3 Å². The van der Waals surface area contributed by atoms with Gasteiger partial charge in [-0.3, -0.25) is 9.59 Å². The van der Waals surface area contributed by atoms with Crippen LogP contribution in [0.3, 0.4) is 0 Å². The first-order chi connectivity index (χ1) is 11.9. The van der Waals surface area contributed by atoms with Crippen molar-refractivity contribution in [1.82, 2.24) is 10.3 Å². The van der Waals surface area contributed by atoms with Gasteiger partial charge in [-0.05, 0) is 36.6 Å². The highest BCUT2D eigenvalue weighted by molar-refractivity contribution is 6.44. The minimum Gasteiger partial charge on any atom is -0.351 e. The van der Waals surface area contributed by atoms with Gasteiger partial charge in [0, 0.05) is 6.54 Å². The van der Waals surface area contributed by atoms with Crippen LogP contribution in [-0.2, 0) is 0 Å². The monoisotopic (exact) mass is 379 g/mol. The van der Waals surface area contributed by atoms with E-state index in [4.69, 9.17) is 23.2 Å². The van der Waals surface area contributed by atoms with Gasteiger partial charge < -0.3 is 10.6 Å². The number of hydrogen-bond donors (Lipinski definition) is 2. The number of carbonyl (C=O) groups is 2. The third-order valence-electron chi connectivity index (χ3n) is 3.42. The molecule has 2 aromatic rings. The van der Waals surface area contributed by atoms with Gasteiger partial charge in [0.25, 0.3) is 11.8 Å². The maximum atomic E-state index is 12.3. The fourth-order valence-electron chi connectivity index (χ4n) is 2.04. The molecular formula is C18H19Cl2N3O2. The van der Waals surface area contributed by atoms with Crippen molar-refractivity contribution in [2.45, 2.75) is 20.3 Å². The molecule has 2 N–H and O–H groups in total. The molecule has 5 nitrogen and oxygen atoms in total. The highest BCUT2D eigenvalue weighted by Gasteiger charge is 2.14. The Morgan fingerprint density at radius 1 is 1.04 bits per heavy atom. The Balaban J connectivity index is 2.08. The first-order valence-electron chi connectivity index (χ1n) is 7.89. The highest BCUT2D eigenvalue weighted by Crippen LogP contribution is 2.29. The van der Waals surface area contributed by atoms with Crippen LogP contribution in [0.4, 0.5) is 5.69 Å². The molecule has 0 atom stereocenters. The summed E-state index contributed by atoms with van der Waals surface area (Å²) in [6.07, 6.45) is 0.874. The second-order valence-corrected chi connectivity index (χ2v) is 6.69. The van der Waals surface area contributed by atoms with E-state index < -0.39 is 5.91 Å². The first kappa shape index (κ1) is 19.2. The number of carbonyl (C=O) groups excluding carboxylic acids is 2. The van der Waals surface area contributed by atoms with Crippen molar-refractivity contribution in [1.29, 1.82) is 0 Å². The lowest BCUT2D eigenvalue weighted by Gasteiger charge is -2.09. The molecule has 1 aromatic heterocycles. The number of halogens is 2. The van der Waals surface area contributed by atoms with E-state index in [0.29, 0.717) is 23.2 Å². The van der Waals surface area contributed by atoms with Crippen LogP contribution in [0.5, 0.6) is 0 Å². The fraction of sp³-hybridized carbons (Fsp3) is 0.278. The Hall–Kier alpha value is -2.11. The summed E-state index contributed by atoms with van der Waals surface area (Å²) in [6.45, 7) is 4.72. The molecule has 0 aliphatic rings. The number of nitrogens with one attached hydrogen (secondary N) is 2. The maximum absolute atomic E-state index is 12.3. The third kappa shape index (κ3) is 5.44. The van der Waals surface area contributed by atoms with E-state index in [1.807, 2.05) is 0 Å². The number of pyridine rings is 1. The summed E-state index contributed by atoms with van der Waals surface area (Å²) in [4.78, 5) is 28.6. The molecule has 0 saturated heterocycles. The van der Waals surface area contributed by atoms with Crippen molar-refractivity contribution in [3.05, 3.63) is 57.8 Å². The maximum Gasteiger partial charge on any atom is 0.274 e. The van der Waals surface area contributed by atoms with Gasteiger partial charge in [-0.2, -0.15) is 0 Å². The van der Waals surface area contributed by atoms with Crippen LogP contribution in [0, 0.1) is 5.92 Å². The van der Waals surface area contributed by atoms with Crippen LogP contribution in [0.2, 0.25) is 10.0 Å². The molecule has 25 heavy (non-hydrogen) atoms. The molecule has 0 aliphatic carbocycles. The molecule has 0 bridgehead atoms. The standard InChI is InChI=1S/C18H19Cl2N3O2/c1-11(2)9-10-21-17(24)14-7-4-8-15(22-14)18(25)23-13-6-3-5-12(19)16(13)20/h3-8,11H,9-10H2,1-2H3,(H,21,24)(H,23,25). The smallest absolute Gasteiger partial charge is 0.274 e. The van der Waals surface area contributed by atoms with Crippen molar-refractivity contribution in [2.75, 3.05) is 11.9 Å². The second kappa shape index (κ2) is 8.83. The van der Waals surface area contributed by atoms with Crippen LogP contribution < -0.4 is 10.6 Å². The second-order valence-electron chi connectivity index (χ2n) is 5.90. The Kier molecular flexibility index (Phi) is 6.79. The van der Waals surface area contributed by atoms with Crippen molar-refractivity contribution >= 4 is 40.7 Å². The average Bonchev–Trinajstić information content (AvgIpc) is 2.58. The van der Waals surface area contributed by atoms with Crippen molar-refractivity contribution < 1.29 is 9.59 Å². The zero-order valence-corrected chi connectivity index (χ0v) is 15.5. The summed E-state index contributed by atoms with van der Waals surface area (Å²) in [5.74, 6) is -0.287. The summed E-state index contributed by atoms with van der Waals surface area (Å²) in [7, 11) is 0.